The maximum Gasteiger partial charge on any atom is 0.254 e. The highest BCUT2D eigenvalue weighted by Gasteiger charge is 1.97. The summed E-state index contributed by atoms with van der Waals surface area (Å²) < 4.78 is 15.5. The van der Waals surface area contributed by atoms with Gasteiger partial charge < -0.3 is 0 Å². The highest BCUT2D eigenvalue weighted by Crippen LogP contribution is 2.15. The van der Waals surface area contributed by atoms with Gasteiger partial charge in [0.2, 0.25) is 0 Å². The Labute approximate surface area is 132 Å². The van der Waals surface area contributed by atoms with Crippen LogP contribution in [0.5, 0.6) is 0 Å². The normalized spacial score (nSPS) is 10.7. The minimum absolute atomic E-state index is 0.157. The lowest BCUT2D eigenvalue weighted by molar-refractivity contribution is -0.114. The van der Waals surface area contributed by atoms with E-state index in [-0.39, 0.29) is 11.7 Å². The number of nitrogens with one attached hydrogen (secondary N) is 1. The summed E-state index contributed by atoms with van der Waals surface area (Å²) in [5.74, 6) is 0.308. The molecule has 108 valence electrons. The van der Waals surface area contributed by atoms with E-state index in [0.29, 0.717) is 5.75 Å². The zero-order valence-electron chi connectivity index (χ0n) is 11.2. The molecule has 1 N–H and O–H groups in total. The standard InChI is InChI=1S/C16H14FNOS2/c17-14-8-6-13(7-9-14)12-20-11-10-16(19)18-21-15-4-2-1-3-5-15/h1-11H,12H2,(H,18,19)/b11-10+. The molecule has 1 amide bonds. The van der Waals surface area contributed by atoms with Gasteiger partial charge >= 0.3 is 0 Å². The molecule has 0 aliphatic rings. The third kappa shape index (κ3) is 6.06. The molecule has 0 atom stereocenters. The van der Waals surface area contributed by atoms with Crippen molar-refractivity contribution in [3.8, 4) is 0 Å². The highest BCUT2D eigenvalue weighted by molar-refractivity contribution is 8.01. The Bertz CT molecular complexity index is 599. The molecule has 0 heterocycles. The van der Waals surface area contributed by atoms with Crippen LogP contribution in [-0.2, 0) is 10.5 Å². The summed E-state index contributed by atoms with van der Waals surface area (Å²) >= 11 is 2.77. The van der Waals surface area contributed by atoms with Crippen LogP contribution in [0, 0.1) is 5.82 Å². The smallest absolute Gasteiger partial charge is 0.254 e. The molecule has 2 aromatic rings. The second-order valence-corrected chi connectivity index (χ2v) is 5.90. The van der Waals surface area contributed by atoms with Gasteiger partial charge in [-0.3, -0.25) is 9.52 Å². The first-order valence-electron chi connectivity index (χ1n) is 6.28. The third-order valence-corrected chi connectivity index (χ3v) is 4.13. The molecule has 0 spiro atoms. The molecule has 21 heavy (non-hydrogen) atoms. The molecule has 5 heteroatoms. The molecule has 2 aromatic carbocycles. The lowest BCUT2D eigenvalue weighted by Gasteiger charge is -2.00. The fourth-order valence-electron chi connectivity index (χ4n) is 1.47. The van der Waals surface area contributed by atoms with E-state index >= 15 is 0 Å². The SMILES string of the molecule is O=C(/C=C/SCc1ccc(F)cc1)NSc1ccccc1. The summed E-state index contributed by atoms with van der Waals surface area (Å²) in [5.41, 5.74) is 1.02. The minimum atomic E-state index is -0.239. The van der Waals surface area contributed by atoms with Crippen LogP contribution < -0.4 is 4.72 Å². The van der Waals surface area contributed by atoms with Gasteiger partial charge in [-0.2, -0.15) is 0 Å². The molecule has 0 radical (unpaired) electrons. The topological polar surface area (TPSA) is 29.1 Å². The van der Waals surface area contributed by atoms with E-state index in [4.69, 9.17) is 0 Å². The highest BCUT2D eigenvalue weighted by atomic mass is 32.2. The number of halogens is 1. The maximum atomic E-state index is 12.7. The predicted octanol–water partition coefficient (Wildman–Crippen LogP) is 4.40. The Balaban J connectivity index is 1.69. The molecule has 0 aromatic heterocycles. The van der Waals surface area contributed by atoms with E-state index in [2.05, 4.69) is 4.72 Å². The molecular formula is C16H14FNOS2. The molecule has 0 fully saturated rings. The van der Waals surface area contributed by atoms with Crippen molar-refractivity contribution in [3.05, 3.63) is 77.5 Å². The summed E-state index contributed by atoms with van der Waals surface area (Å²) in [4.78, 5) is 12.6. The molecule has 0 saturated heterocycles. The molecule has 2 rings (SSSR count). The van der Waals surface area contributed by atoms with Gasteiger partial charge in [0.15, 0.2) is 0 Å². The van der Waals surface area contributed by atoms with Crippen LogP contribution in [0.15, 0.2) is 71.0 Å². The lowest BCUT2D eigenvalue weighted by Crippen LogP contribution is -2.11. The van der Waals surface area contributed by atoms with Gasteiger partial charge in [-0.25, -0.2) is 4.39 Å². The van der Waals surface area contributed by atoms with Crippen LogP contribution in [0.25, 0.3) is 0 Å². The van der Waals surface area contributed by atoms with Crippen molar-refractivity contribution in [2.75, 3.05) is 0 Å². The molecular weight excluding hydrogens is 305 g/mol. The number of hydrogen-bond acceptors (Lipinski definition) is 3. The molecule has 0 aliphatic heterocycles. The zero-order valence-corrected chi connectivity index (χ0v) is 12.8. The number of benzene rings is 2. The van der Waals surface area contributed by atoms with Crippen LogP contribution in [-0.4, -0.2) is 5.91 Å². The van der Waals surface area contributed by atoms with E-state index in [0.717, 1.165) is 10.5 Å². The van der Waals surface area contributed by atoms with E-state index in [9.17, 15) is 9.18 Å². The van der Waals surface area contributed by atoms with E-state index in [1.165, 1.54) is 41.9 Å². The lowest BCUT2D eigenvalue weighted by atomic mass is 10.2. The van der Waals surface area contributed by atoms with Gasteiger partial charge in [0, 0.05) is 16.7 Å². The number of carbonyl (C=O) groups is 1. The third-order valence-electron chi connectivity index (χ3n) is 2.49. The number of rotatable bonds is 6. The monoisotopic (exact) mass is 319 g/mol. The Morgan fingerprint density at radius 1 is 1.10 bits per heavy atom. The van der Waals surface area contributed by atoms with Gasteiger partial charge in [0.05, 0.1) is 0 Å². The minimum Gasteiger partial charge on any atom is -0.292 e. The number of amides is 1. The molecule has 0 bridgehead atoms. The summed E-state index contributed by atoms with van der Waals surface area (Å²) in [5, 5.41) is 1.74. The fraction of sp³-hybridized carbons (Fsp3) is 0.0625. The van der Waals surface area contributed by atoms with Crippen molar-refractivity contribution in [3.63, 3.8) is 0 Å². The average molecular weight is 319 g/mol. The quantitative estimate of drug-likeness (QED) is 0.632. The Morgan fingerprint density at radius 2 is 1.81 bits per heavy atom. The second-order valence-electron chi connectivity index (χ2n) is 4.12. The number of hydrogen-bond donors (Lipinski definition) is 1. The first kappa shape index (κ1) is 15.7. The Kier molecular flexibility index (Phi) is 6.37. The summed E-state index contributed by atoms with van der Waals surface area (Å²) in [6, 6.07) is 16.0. The van der Waals surface area contributed by atoms with Crippen LogP contribution >= 0.6 is 23.7 Å². The van der Waals surface area contributed by atoms with E-state index < -0.39 is 0 Å². The molecule has 2 nitrogen and oxygen atoms in total. The molecule has 0 aliphatic carbocycles. The van der Waals surface area contributed by atoms with Crippen molar-refractivity contribution >= 4 is 29.6 Å². The van der Waals surface area contributed by atoms with Crippen molar-refractivity contribution in [2.45, 2.75) is 10.6 Å². The zero-order chi connectivity index (χ0) is 14.9. The number of carbonyl (C=O) groups excluding carboxylic acids is 1. The van der Waals surface area contributed by atoms with Crippen LogP contribution in [0.4, 0.5) is 4.39 Å². The van der Waals surface area contributed by atoms with Crippen LogP contribution in [0.1, 0.15) is 5.56 Å². The molecule has 0 unspecified atom stereocenters. The van der Waals surface area contributed by atoms with Crippen LogP contribution in [0.3, 0.4) is 0 Å². The predicted molar refractivity (Wildman–Crippen MR) is 87.3 cm³/mol. The Hall–Kier alpha value is -1.72. The fourth-order valence-corrected chi connectivity index (χ4v) is 2.75. The van der Waals surface area contributed by atoms with Crippen LogP contribution in [0.2, 0.25) is 0 Å². The van der Waals surface area contributed by atoms with Gasteiger partial charge in [-0.05, 0) is 47.2 Å². The van der Waals surface area contributed by atoms with Crippen molar-refractivity contribution in [1.82, 2.24) is 4.72 Å². The van der Waals surface area contributed by atoms with Gasteiger partial charge in [-0.15, -0.1) is 11.8 Å². The average Bonchev–Trinajstić information content (AvgIpc) is 2.52. The Morgan fingerprint density at radius 3 is 2.52 bits per heavy atom. The largest absolute Gasteiger partial charge is 0.292 e. The first-order valence-corrected chi connectivity index (χ1v) is 8.15. The van der Waals surface area contributed by atoms with E-state index in [1.54, 1.807) is 17.5 Å². The number of thioether (sulfide) groups is 1. The first-order chi connectivity index (χ1) is 10.2. The van der Waals surface area contributed by atoms with Crippen molar-refractivity contribution in [2.24, 2.45) is 0 Å². The van der Waals surface area contributed by atoms with Gasteiger partial charge in [-0.1, -0.05) is 30.3 Å². The second kappa shape index (κ2) is 8.54. The van der Waals surface area contributed by atoms with Crippen molar-refractivity contribution in [1.29, 1.82) is 0 Å². The van der Waals surface area contributed by atoms with Crippen molar-refractivity contribution < 1.29 is 9.18 Å². The summed E-state index contributed by atoms with van der Waals surface area (Å²) in [7, 11) is 0. The van der Waals surface area contributed by atoms with Gasteiger partial charge in [0.1, 0.15) is 5.82 Å². The molecule has 0 saturated carbocycles. The maximum absolute atomic E-state index is 12.7. The summed E-state index contributed by atoms with van der Waals surface area (Å²) in [6.45, 7) is 0. The summed E-state index contributed by atoms with van der Waals surface area (Å²) in [6.07, 6.45) is 1.49. The van der Waals surface area contributed by atoms with Gasteiger partial charge in [0.25, 0.3) is 5.91 Å². The van der Waals surface area contributed by atoms with E-state index in [1.807, 2.05) is 30.3 Å².